The van der Waals surface area contributed by atoms with Gasteiger partial charge in [0, 0.05) is 5.57 Å². The molecule has 0 saturated carbocycles. The van der Waals surface area contributed by atoms with Crippen molar-refractivity contribution in [1.29, 1.82) is 0 Å². The minimum atomic E-state index is -0.733. The van der Waals surface area contributed by atoms with Crippen molar-refractivity contribution >= 4 is 5.97 Å². The highest BCUT2D eigenvalue weighted by molar-refractivity contribution is 5.87. The molecule has 6 nitrogen and oxygen atoms in total. The Labute approximate surface area is 120 Å². The van der Waals surface area contributed by atoms with Crippen molar-refractivity contribution in [3.05, 3.63) is 12.2 Å². The van der Waals surface area contributed by atoms with Crippen LogP contribution < -0.4 is 0 Å². The number of unbranched alkanes of at least 4 members (excludes halogenated alkanes) is 1. The van der Waals surface area contributed by atoms with E-state index in [9.17, 15) is 4.79 Å². The number of aliphatic hydroxyl groups excluding tert-OH is 1. The van der Waals surface area contributed by atoms with Crippen LogP contribution in [0.15, 0.2) is 12.2 Å². The summed E-state index contributed by atoms with van der Waals surface area (Å²) in [6.45, 7) is 8.78. The van der Waals surface area contributed by atoms with E-state index >= 15 is 0 Å². The highest BCUT2D eigenvalue weighted by Gasteiger charge is 2.15. The molecule has 0 bridgehead atoms. The van der Waals surface area contributed by atoms with Crippen LogP contribution in [-0.2, 0) is 23.7 Å². The highest BCUT2D eigenvalue weighted by Crippen LogP contribution is 2.03. The van der Waals surface area contributed by atoms with Crippen LogP contribution in [0, 0.1) is 0 Å². The van der Waals surface area contributed by atoms with E-state index in [0.717, 1.165) is 12.8 Å². The molecule has 20 heavy (non-hydrogen) atoms. The summed E-state index contributed by atoms with van der Waals surface area (Å²) in [4.78, 5) is 11.5. The monoisotopic (exact) mass is 290 g/mol. The number of rotatable bonds is 13. The average molecular weight is 290 g/mol. The fraction of sp³-hybridized carbons (Fsp3) is 0.786. The number of ether oxygens (including phenoxy) is 4. The van der Waals surface area contributed by atoms with Crippen LogP contribution in [0.25, 0.3) is 0 Å². The topological polar surface area (TPSA) is 74.2 Å². The molecule has 6 heteroatoms. The maximum absolute atomic E-state index is 11.5. The van der Waals surface area contributed by atoms with Crippen LogP contribution in [0.5, 0.6) is 0 Å². The summed E-state index contributed by atoms with van der Waals surface area (Å²) in [7, 11) is 0. The first-order valence-electron chi connectivity index (χ1n) is 6.86. The van der Waals surface area contributed by atoms with Crippen molar-refractivity contribution in [3.63, 3.8) is 0 Å². The Hall–Kier alpha value is -0.950. The normalized spacial score (nSPS) is 12.2. The Morgan fingerprint density at radius 2 is 1.90 bits per heavy atom. The lowest BCUT2D eigenvalue weighted by molar-refractivity contribution is -0.188. The smallest absolute Gasteiger partial charge is 0.335 e. The molecule has 0 aliphatic rings. The van der Waals surface area contributed by atoms with Gasteiger partial charge in [-0.1, -0.05) is 19.9 Å². The molecule has 1 atom stereocenters. The van der Waals surface area contributed by atoms with Crippen molar-refractivity contribution in [2.75, 3.05) is 39.6 Å². The summed E-state index contributed by atoms with van der Waals surface area (Å²) in [5.74, 6) is -0.494. The summed E-state index contributed by atoms with van der Waals surface area (Å²) in [6.07, 6.45) is 1.15. The SMILES string of the molecule is C=C(C)C(=O)OC(COCCOCCO)OCCCC. The van der Waals surface area contributed by atoms with Gasteiger partial charge < -0.3 is 24.1 Å². The zero-order valence-electron chi connectivity index (χ0n) is 12.4. The molecular weight excluding hydrogens is 264 g/mol. The van der Waals surface area contributed by atoms with E-state index in [2.05, 4.69) is 6.58 Å². The van der Waals surface area contributed by atoms with Gasteiger partial charge in [0.25, 0.3) is 0 Å². The van der Waals surface area contributed by atoms with Gasteiger partial charge >= 0.3 is 5.97 Å². The van der Waals surface area contributed by atoms with Crippen molar-refractivity contribution < 1.29 is 28.8 Å². The summed E-state index contributed by atoms with van der Waals surface area (Å²) in [5.41, 5.74) is 0.320. The molecule has 0 aromatic heterocycles. The summed E-state index contributed by atoms with van der Waals surface area (Å²) < 4.78 is 20.9. The second kappa shape index (κ2) is 13.1. The lowest BCUT2D eigenvalue weighted by atomic mass is 10.3. The average Bonchev–Trinajstić information content (AvgIpc) is 2.42. The molecule has 0 rings (SSSR count). The molecule has 0 aromatic carbocycles. The summed E-state index contributed by atoms with van der Waals surface area (Å²) >= 11 is 0. The van der Waals surface area contributed by atoms with Gasteiger partial charge in [0.15, 0.2) is 0 Å². The molecule has 0 aromatic rings. The van der Waals surface area contributed by atoms with Crippen molar-refractivity contribution in [2.45, 2.75) is 33.0 Å². The van der Waals surface area contributed by atoms with Crippen molar-refractivity contribution in [1.82, 2.24) is 0 Å². The predicted molar refractivity (Wildman–Crippen MR) is 74.3 cm³/mol. The van der Waals surface area contributed by atoms with Crippen LogP contribution in [0.1, 0.15) is 26.7 Å². The Morgan fingerprint density at radius 3 is 2.50 bits per heavy atom. The maximum atomic E-state index is 11.5. The van der Waals surface area contributed by atoms with Gasteiger partial charge in [-0.15, -0.1) is 0 Å². The Kier molecular flexibility index (Phi) is 12.4. The van der Waals surface area contributed by atoms with Crippen LogP contribution >= 0.6 is 0 Å². The van der Waals surface area contributed by atoms with Crippen LogP contribution in [0.3, 0.4) is 0 Å². The molecule has 1 N–H and O–H groups in total. The molecule has 0 spiro atoms. The highest BCUT2D eigenvalue weighted by atomic mass is 16.7. The van der Waals surface area contributed by atoms with Gasteiger partial charge in [-0.3, -0.25) is 0 Å². The van der Waals surface area contributed by atoms with Gasteiger partial charge in [-0.05, 0) is 13.3 Å². The summed E-state index contributed by atoms with van der Waals surface area (Å²) in [6, 6.07) is 0. The Bertz CT molecular complexity index is 266. The molecular formula is C14H26O6. The minimum absolute atomic E-state index is 0.0149. The Balaban J connectivity index is 3.91. The molecule has 118 valence electrons. The zero-order chi connectivity index (χ0) is 15.2. The molecule has 0 saturated heterocycles. The van der Waals surface area contributed by atoms with Gasteiger partial charge in [-0.25, -0.2) is 4.79 Å². The van der Waals surface area contributed by atoms with E-state index in [4.69, 9.17) is 24.1 Å². The van der Waals surface area contributed by atoms with E-state index < -0.39 is 12.3 Å². The van der Waals surface area contributed by atoms with Crippen molar-refractivity contribution in [3.8, 4) is 0 Å². The molecule has 0 aliphatic carbocycles. The van der Waals surface area contributed by atoms with Gasteiger partial charge in [0.1, 0.15) is 6.61 Å². The maximum Gasteiger partial charge on any atom is 0.335 e. The lowest BCUT2D eigenvalue weighted by Gasteiger charge is -2.18. The molecule has 0 heterocycles. The van der Waals surface area contributed by atoms with E-state index in [-0.39, 0.29) is 19.8 Å². The molecule has 0 amide bonds. The van der Waals surface area contributed by atoms with Crippen LogP contribution in [0.4, 0.5) is 0 Å². The standard InChI is InChI=1S/C14H26O6/c1-4-5-7-19-13(20-14(16)12(2)3)11-18-10-9-17-8-6-15/h13,15H,2,4-11H2,1,3H3. The van der Waals surface area contributed by atoms with Gasteiger partial charge in [0.05, 0.1) is 33.0 Å². The number of hydrogen-bond acceptors (Lipinski definition) is 6. The largest absolute Gasteiger partial charge is 0.430 e. The molecule has 0 radical (unpaired) electrons. The number of carbonyl (C=O) groups is 1. The van der Waals surface area contributed by atoms with Gasteiger partial charge in [0.2, 0.25) is 6.29 Å². The van der Waals surface area contributed by atoms with Crippen LogP contribution in [-0.4, -0.2) is 57.0 Å². The molecule has 0 aliphatic heterocycles. The van der Waals surface area contributed by atoms with E-state index in [1.54, 1.807) is 6.92 Å². The molecule has 1 unspecified atom stereocenters. The number of aliphatic hydroxyl groups is 1. The third-order valence-corrected chi connectivity index (χ3v) is 2.25. The minimum Gasteiger partial charge on any atom is -0.430 e. The first kappa shape index (κ1) is 19.1. The number of carbonyl (C=O) groups excluding carboxylic acids is 1. The number of hydrogen-bond donors (Lipinski definition) is 1. The van der Waals surface area contributed by atoms with Crippen molar-refractivity contribution in [2.24, 2.45) is 0 Å². The third kappa shape index (κ3) is 10.9. The number of esters is 1. The summed E-state index contributed by atoms with van der Waals surface area (Å²) in [5, 5.41) is 8.53. The Morgan fingerprint density at radius 1 is 1.20 bits per heavy atom. The quantitative estimate of drug-likeness (QED) is 0.238. The predicted octanol–water partition coefficient (Wildman–Crippen LogP) is 1.27. The van der Waals surface area contributed by atoms with E-state index in [1.807, 2.05) is 6.92 Å². The van der Waals surface area contributed by atoms with E-state index in [0.29, 0.717) is 25.4 Å². The third-order valence-electron chi connectivity index (χ3n) is 2.25. The van der Waals surface area contributed by atoms with Gasteiger partial charge in [-0.2, -0.15) is 0 Å². The van der Waals surface area contributed by atoms with Crippen LogP contribution in [0.2, 0.25) is 0 Å². The second-order valence-electron chi connectivity index (χ2n) is 4.25. The molecule has 0 fully saturated rings. The fourth-order valence-electron chi connectivity index (χ4n) is 1.16. The first-order chi connectivity index (χ1) is 9.61. The zero-order valence-corrected chi connectivity index (χ0v) is 12.4. The second-order valence-corrected chi connectivity index (χ2v) is 4.25. The first-order valence-corrected chi connectivity index (χ1v) is 6.86. The fourth-order valence-corrected chi connectivity index (χ4v) is 1.16. The van der Waals surface area contributed by atoms with E-state index in [1.165, 1.54) is 0 Å². The lowest BCUT2D eigenvalue weighted by Crippen LogP contribution is -2.28.